The fraction of sp³-hybridized carbons (Fsp3) is 0.429. The zero-order valence-corrected chi connectivity index (χ0v) is 11.5. The van der Waals surface area contributed by atoms with E-state index in [0.29, 0.717) is 5.69 Å². The maximum atomic E-state index is 10.4. The lowest BCUT2D eigenvalue weighted by Crippen LogP contribution is -2.13. The molecule has 0 aliphatic heterocycles. The number of aryl methyl sites for hydroxylation is 2. The lowest BCUT2D eigenvalue weighted by Gasteiger charge is -2.22. The first-order chi connectivity index (χ1) is 8.29. The molecule has 0 saturated heterocycles. The number of hydrogen-bond donors (Lipinski definition) is 1. The Labute approximate surface area is 107 Å². The molecule has 4 heteroatoms. The van der Waals surface area contributed by atoms with Crippen LogP contribution in [0.5, 0.6) is 5.75 Å². The number of aromatic hydroxyl groups is 1. The third-order valence-corrected chi connectivity index (χ3v) is 2.86. The van der Waals surface area contributed by atoms with Gasteiger partial charge >= 0.3 is 0 Å². The molecule has 2 rings (SSSR count). The second kappa shape index (κ2) is 4.12. The quantitative estimate of drug-likeness (QED) is 0.840. The van der Waals surface area contributed by atoms with Crippen LogP contribution in [0.4, 0.5) is 0 Å². The van der Waals surface area contributed by atoms with E-state index in [9.17, 15) is 5.11 Å². The summed E-state index contributed by atoms with van der Waals surface area (Å²) in [6.07, 6.45) is 1.68. The molecular formula is C14H19N3O. The largest absolute Gasteiger partial charge is 0.505 e. The highest BCUT2D eigenvalue weighted by Gasteiger charge is 2.22. The molecule has 1 aromatic heterocycles. The number of aromatic nitrogens is 3. The molecule has 0 bridgehead atoms. The molecule has 0 aliphatic carbocycles. The Kier molecular flexibility index (Phi) is 2.89. The maximum Gasteiger partial charge on any atom is 0.146 e. The molecule has 4 nitrogen and oxygen atoms in total. The van der Waals surface area contributed by atoms with E-state index < -0.39 is 0 Å². The Hall–Kier alpha value is -1.84. The van der Waals surface area contributed by atoms with Gasteiger partial charge in [-0.1, -0.05) is 26.8 Å². The monoisotopic (exact) mass is 245 g/mol. The van der Waals surface area contributed by atoms with Gasteiger partial charge in [-0.3, -0.25) is 0 Å². The van der Waals surface area contributed by atoms with E-state index in [1.165, 1.54) is 4.80 Å². The average Bonchev–Trinajstić information content (AvgIpc) is 2.66. The van der Waals surface area contributed by atoms with Crippen LogP contribution in [0.3, 0.4) is 0 Å². The SMILES string of the molecule is Cc1cc(-n2ncc(C)n2)c(O)c(C(C)(C)C)c1. The summed E-state index contributed by atoms with van der Waals surface area (Å²) in [6, 6.07) is 3.90. The van der Waals surface area contributed by atoms with Crippen molar-refractivity contribution >= 4 is 0 Å². The number of phenolic OH excluding ortho intramolecular Hbond substituents is 1. The Bertz CT molecular complexity index is 579. The van der Waals surface area contributed by atoms with E-state index in [4.69, 9.17) is 0 Å². The van der Waals surface area contributed by atoms with E-state index in [-0.39, 0.29) is 11.2 Å². The van der Waals surface area contributed by atoms with Crippen molar-refractivity contribution in [3.63, 3.8) is 0 Å². The van der Waals surface area contributed by atoms with Crippen LogP contribution in [0.15, 0.2) is 18.3 Å². The van der Waals surface area contributed by atoms with Gasteiger partial charge in [0, 0.05) is 5.56 Å². The Morgan fingerprint density at radius 3 is 2.33 bits per heavy atom. The number of rotatable bonds is 1. The summed E-state index contributed by atoms with van der Waals surface area (Å²) >= 11 is 0. The first-order valence-corrected chi connectivity index (χ1v) is 6.02. The predicted molar refractivity (Wildman–Crippen MR) is 71.2 cm³/mol. The molecule has 96 valence electrons. The summed E-state index contributed by atoms with van der Waals surface area (Å²) in [4.78, 5) is 1.48. The van der Waals surface area contributed by atoms with Crippen molar-refractivity contribution in [3.8, 4) is 11.4 Å². The molecule has 1 N–H and O–H groups in total. The van der Waals surface area contributed by atoms with Crippen molar-refractivity contribution in [3.05, 3.63) is 35.2 Å². The van der Waals surface area contributed by atoms with Crippen LogP contribution in [0.25, 0.3) is 5.69 Å². The van der Waals surface area contributed by atoms with Gasteiger partial charge in [-0.05, 0) is 30.9 Å². The third-order valence-electron chi connectivity index (χ3n) is 2.86. The molecule has 0 aliphatic rings. The van der Waals surface area contributed by atoms with Crippen LogP contribution in [-0.4, -0.2) is 20.1 Å². The van der Waals surface area contributed by atoms with Gasteiger partial charge in [-0.15, -0.1) is 4.80 Å². The second-order valence-electron chi connectivity index (χ2n) is 5.71. The molecule has 1 aromatic carbocycles. The van der Waals surface area contributed by atoms with Crippen LogP contribution in [0.2, 0.25) is 0 Å². The zero-order chi connectivity index (χ0) is 13.5. The zero-order valence-electron chi connectivity index (χ0n) is 11.5. The van der Waals surface area contributed by atoms with Crippen molar-refractivity contribution in [2.45, 2.75) is 40.0 Å². The van der Waals surface area contributed by atoms with E-state index >= 15 is 0 Å². The Morgan fingerprint density at radius 1 is 1.17 bits per heavy atom. The molecular weight excluding hydrogens is 226 g/mol. The Morgan fingerprint density at radius 2 is 1.83 bits per heavy atom. The van der Waals surface area contributed by atoms with Crippen molar-refractivity contribution < 1.29 is 5.11 Å². The lowest BCUT2D eigenvalue weighted by atomic mass is 9.85. The molecule has 0 fully saturated rings. The number of nitrogens with zero attached hydrogens (tertiary/aromatic N) is 3. The molecule has 0 spiro atoms. The summed E-state index contributed by atoms with van der Waals surface area (Å²) < 4.78 is 0. The minimum atomic E-state index is -0.118. The van der Waals surface area contributed by atoms with Crippen LogP contribution in [0.1, 0.15) is 37.6 Å². The van der Waals surface area contributed by atoms with Crippen molar-refractivity contribution in [1.29, 1.82) is 0 Å². The third kappa shape index (κ3) is 2.23. The first-order valence-electron chi connectivity index (χ1n) is 6.02. The van der Waals surface area contributed by atoms with Crippen LogP contribution in [-0.2, 0) is 5.41 Å². The average molecular weight is 245 g/mol. The van der Waals surface area contributed by atoms with E-state index in [2.05, 4.69) is 31.0 Å². The summed E-state index contributed by atoms with van der Waals surface area (Å²) in [6.45, 7) is 10.1. The highest BCUT2D eigenvalue weighted by atomic mass is 16.3. The number of benzene rings is 1. The molecule has 0 saturated carbocycles. The van der Waals surface area contributed by atoms with Crippen molar-refractivity contribution in [2.24, 2.45) is 0 Å². The highest BCUT2D eigenvalue weighted by molar-refractivity contribution is 5.54. The molecule has 0 atom stereocenters. The molecule has 0 radical (unpaired) electrons. The van der Waals surface area contributed by atoms with Gasteiger partial charge in [0.1, 0.15) is 11.4 Å². The highest BCUT2D eigenvalue weighted by Crippen LogP contribution is 2.35. The van der Waals surface area contributed by atoms with Crippen LogP contribution >= 0.6 is 0 Å². The fourth-order valence-corrected chi connectivity index (χ4v) is 1.94. The van der Waals surface area contributed by atoms with Gasteiger partial charge in [0.05, 0.1) is 11.9 Å². The molecule has 18 heavy (non-hydrogen) atoms. The first kappa shape index (κ1) is 12.6. The number of phenols is 1. The minimum absolute atomic E-state index is 0.118. The lowest BCUT2D eigenvalue weighted by molar-refractivity contribution is 0.440. The van der Waals surface area contributed by atoms with Crippen LogP contribution < -0.4 is 0 Å². The Balaban J connectivity index is 2.66. The smallest absolute Gasteiger partial charge is 0.146 e. The van der Waals surface area contributed by atoms with Gasteiger partial charge in [-0.2, -0.15) is 10.2 Å². The van der Waals surface area contributed by atoms with Gasteiger partial charge in [0.15, 0.2) is 0 Å². The molecule has 0 unspecified atom stereocenters. The standard InChI is InChI=1S/C14H19N3O/c1-9-6-11(14(3,4)5)13(18)12(7-9)17-15-8-10(2)16-17/h6-8,18H,1-5H3. The van der Waals surface area contributed by atoms with Crippen molar-refractivity contribution in [1.82, 2.24) is 15.0 Å². The topological polar surface area (TPSA) is 50.9 Å². The summed E-state index contributed by atoms with van der Waals surface area (Å²) in [5.41, 5.74) is 3.34. The van der Waals surface area contributed by atoms with Gasteiger partial charge in [0.2, 0.25) is 0 Å². The molecule has 0 amide bonds. The van der Waals surface area contributed by atoms with E-state index in [0.717, 1.165) is 16.8 Å². The minimum Gasteiger partial charge on any atom is -0.505 e. The number of hydrogen-bond acceptors (Lipinski definition) is 3. The van der Waals surface area contributed by atoms with Gasteiger partial charge in [-0.25, -0.2) is 0 Å². The maximum absolute atomic E-state index is 10.4. The van der Waals surface area contributed by atoms with E-state index in [1.807, 2.05) is 26.0 Å². The van der Waals surface area contributed by atoms with Crippen LogP contribution in [0, 0.1) is 13.8 Å². The summed E-state index contributed by atoms with van der Waals surface area (Å²) in [5, 5.41) is 18.8. The molecule has 1 heterocycles. The van der Waals surface area contributed by atoms with Gasteiger partial charge in [0.25, 0.3) is 0 Å². The van der Waals surface area contributed by atoms with Gasteiger partial charge < -0.3 is 5.11 Å². The van der Waals surface area contributed by atoms with E-state index in [1.54, 1.807) is 6.20 Å². The predicted octanol–water partition coefficient (Wildman–Crippen LogP) is 2.89. The summed E-state index contributed by atoms with van der Waals surface area (Å²) in [7, 11) is 0. The molecule has 2 aromatic rings. The normalized spacial score (nSPS) is 11.8. The fourth-order valence-electron chi connectivity index (χ4n) is 1.94. The second-order valence-corrected chi connectivity index (χ2v) is 5.71. The van der Waals surface area contributed by atoms with Crippen molar-refractivity contribution in [2.75, 3.05) is 0 Å². The summed E-state index contributed by atoms with van der Waals surface area (Å²) in [5.74, 6) is 0.253.